The molecule has 25 heavy (non-hydrogen) atoms. The van der Waals surface area contributed by atoms with Gasteiger partial charge in [-0.1, -0.05) is 30.3 Å². The number of ether oxygens (including phenoxy) is 1. The fourth-order valence-electron chi connectivity index (χ4n) is 3.48. The Morgan fingerprint density at radius 2 is 2.08 bits per heavy atom. The van der Waals surface area contributed by atoms with Crippen LogP contribution in [-0.4, -0.2) is 46.9 Å². The van der Waals surface area contributed by atoms with Gasteiger partial charge in [-0.05, 0) is 44.7 Å². The van der Waals surface area contributed by atoms with E-state index in [9.17, 15) is 4.79 Å². The fraction of sp³-hybridized carbons (Fsp3) is 0.500. The molecule has 0 radical (unpaired) electrons. The number of rotatable bonds is 6. The molecule has 0 bridgehead atoms. The summed E-state index contributed by atoms with van der Waals surface area (Å²) in [6.45, 7) is 6.37. The first-order valence-corrected chi connectivity index (χ1v) is 9.05. The van der Waals surface area contributed by atoms with Crippen molar-refractivity contribution >= 4 is 5.91 Å². The van der Waals surface area contributed by atoms with Gasteiger partial charge in [-0.15, -0.1) is 0 Å². The summed E-state index contributed by atoms with van der Waals surface area (Å²) >= 11 is 0. The summed E-state index contributed by atoms with van der Waals surface area (Å²) in [4.78, 5) is 14.4. The maximum Gasteiger partial charge on any atom is 0.248 e. The highest BCUT2D eigenvalue weighted by Crippen LogP contribution is 2.23. The van der Waals surface area contributed by atoms with Gasteiger partial charge in [0, 0.05) is 18.8 Å². The van der Waals surface area contributed by atoms with Crippen LogP contribution in [0, 0.1) is 13.8 Å². The van der Waals surface area contributed by atoms with Crippen molar-refractivity contribution in [2.75, 3.05) is 26.3 Å². The van der Waals surface area contributed by atoms with Crippen LogP contribution < -0.4 is 0 Å². The normalized spacial score (nSPS) is 17.7. The molecular weight excluding hydrogens is 314 g/mol. The predicted octanol–water partition coefficient (Wildman–Crippen LogP) is 2.92. The van der Waals surface area contributed by atoms with Crippen molar-refractivity contribution in [3.05, 3.63) is 53.3 Å². The number of hydrogen-bond acceptors (Lipinski definition) is 3. The molecule has 1 aromatic heterocycles. The van der Waals surface area contributed by atoms with Gasteiger partial charge in [-0.3, -0.25) is 9.48 Å². The number of hydrogen-bond donors (Lipinski definition) is 0. The Balaban J connectivity index is 1.46. The second-order valence-corrected chi connectivity index (χ2v) is 6.80. The molecule has 2 aromatic rings. The van der Waals surface area contributed by atoms with Gasteiger partial charge < -0.3 is 9.64 Å². The van der Waals surface area contributed by atoms with Crippen LogP contribution in [0.3, 0.4) is 0 Å². The van der Waals surface area contributed by atoms with Crippen LogP contribution in [-0.2, 0) is 16.0 Å². The van der Waals surface area contributed by atoms with Crippen LogP contribution in [0.25, 0.3) is 0 Å². The van der Waals surface area contributed by atoms with Crippen LogP contribution >= 0.6 is 0 Å². The van der Waals surface area contributed by atoms with E-state index in [0.29, 0.717) is 6.61 Å². The Hall–Kier alpha value is -2.14. The molecule has 1 atom stereocenters. The highest BCUT2D eigenvalue weighted by Gasteiger charge is 2.26. The maximum atomic E-state index is 12.4. The summed E-state index contributed by atoms with van der Waals surface area (Å²) in [5, 5.41) is 4.58. The Kier molecular flexibility index (Phi) is 5.87. The molecule has 0 spiro atoms. The van der Waals surface area contributed by atoms with E-state index in [0.717, 1.165) is 43.7 Å². The zero-order chi connectivity index (χ0) is 17.6. The Labute approximate surface area is 149 Å². The van der Waals surface area contributed by atoms with Crippen molar-refractivity contribution in [2.24, 2.45) is 0 Å². The van der Waals surface area contributed by atoms with Crippen LogP contribution in [0.2, 0.25) is 0 Å². The third-order valence-corrected chi connectivity index (χ3v) is 4.74. The summed E-state index contributed by atoms with van der Waals surface area (Å²) in [6, 6.07) is 12.6. The number of benzene rings is 1. The predicted molar refractivity (Wildman–Crippen MR) is 97.5 cm³/mol. The summed E-state index contributed by atoms with van der Waals surface area (Å²) < 4.78 is 7.68. The largest absolute Gasteiger partial charge is 0.371 e. The number of carbonyl (C=O) groups is 1. The molecule has 1 fully saturated rings. The minimum Gasteiger partial charge on any atom is -0.371 e. The van der Waals surface area contributed by atoms with Gasteiger partial charge >= 0.3 is 0 Å². The summed E-state index contributed by atoms with van der Waals surface area (Å²) in [5.41, 5.74) is 3.43. The second-order valence-electron chi connectivity index (χ2n) is 6.80. The minimum atomic E-state index is 0.0827. The van der Waals surface area contributed by atoms with E-state index < -0.39 is 0 Å². The zero-order valence-electron chi connectivity index (χ0n) is 15.1. The first kappa shape index (κ1) is 17.7. The standard InChI is InChI=1S/C20H27N3O2/c1-16-13-17(2)23(21-16)19-9-6-11-22(14-19)20(24)15-25-12-10-18-7-4-3-5-8-18/h3-5,7-8,13,19H,6,9-12,14-15H2,1-2H3. The summed E-state index contributed by atoms with van der Waals surface area (Å²) in [6.07, 6.45) is 2.92. The number of carbonyl (C=O) groups excluding carboxylic acids is 1. The number of nitrogens with zero attached hydrogens (tertiary/aromatic N) is 3. The first-order valence-electron chi connectivity index (χ1n) is 9.05. The zero-order valence-corrected chi connectivity index (χ0v) is 15.1. The maximum absolute atomic E-state index is 12.4. The molecule has 134 valence electrons. The lowest BCUT2D eigenvalue weighted by atomic mass is 10.1. The highest BCUT2D eigenvalue weighted by molar-refractivity contribution is 5.77. The molecule has 1 amide bonds. The molecule has 1 unspecified atom stereocenters. The Morgan fingerprint density at radius 3 is 2.80 bits per heavy atom. The molecule has 0 N–H and O–H groups in total. The van der Waals surface area contributed by atoms with E-state index in [1.54, 1.807) is 0 Å². The molecular formula is C20H27N3O2. The number of amides is 1. The lowest BCUT2D eigenvalue weighted by Gasteiger charge is -2.33. The van der Waals surface area contributed by atoms with Gasteiger partial charge in [-0.2, -0.15) is 5.10 Å². The van der Waals surface area contributed by atoms with Crippen molar-refractivity contribution in [3.63, 3.8) is 0 Å². The lowest BCUT2D eigenvalue weighted by molar-refractivity contribution is -0.137. The van der Waals surface area contributed by atoms with Crippen molar-refractivity contribution in [1.82, 2.24) is 14.7 Å². The van der Waals surface area contributed by atoms with Crippen LogP contribution in [0.5, 0.6) is 0 Å². The third-order valence-electron chi connectivity index (χ3n) is 4.74. The first-order chi connectivity index (χ1) is 12.1. The fourth-order valence-corrected chi connectivity index (χ4v) is 3.48. The number of aryl methyl sites for hydroxylation is 2. The Morgan fingerprint density at radius 1 is 1.28 bits per heavy atom. The average molecular weight is 341 g/mol. The van der Waals surface area contributed by atoms with Crippen LogP contribution in [0.4, 0.5) is 0 Å². The van der Waals surface area contributed by atoms with Gasteiger partial charge in [0.15, 0.2) is 0 Å². The van der Waals surface area contributed by atoms with E-state index in [4.69, 9.17) is 4.74 Å². The van der Waals surface area contributed by atoms with Crippen molar-refractivity contribution in [3.8, 4) is 0 Å². The lowest BCUT2D eigenvalue weighted by Crippen LogP contribution is -2.42. The van der Waals surface area contributed by atoms with Gasteiger partial charge in [0.2, 0.25) is 5.91 Å². The molecule has 1 saturated heterocycles. The Bertz CT molecular complexity index is 696. The molecule has 5 nitrogen and oxygen atoms in total. The minimum absolute atomic E-state index is 0.0827. The second kappa shape index (κ2) is 8.30. The number of piperidine rings is 1. The monoisotopic (exact) mass is 341 g/mol. The average Bonchev–Trinajstić information content (AvgIpc) is 2.98. The van der Waals surface area contributed by atoms with Crippen molar-refractivity contribution in [2.45, 2.75) is 39.2 Å². The molecule has 1 aliphatic heterocycles. The van der Waals surface area contributed by atoms with E-state index in [2.05, 4.69) is 34.9 Å². The topological polar surface area (TPSA) is 47.4 Å². The SMILES string of the molecule is Cc1cc(C)n(C2CCCN(C(=O)COCCc3ccccc3)C2)n1. The highest BCUT2D eigenvalue weighted by atomic mass is 16.5. The third kappa shape index (κ3) is 4.69. The smallest absolute Gasteiger partial charge is 0.248 e. The molecule has 0 saturated carbocycles. The molecule has 5 heteroatoms. The van der Waals surface area contributed by atoms with Crippen LogP contribution in [0.1, 0.15) is 35.8 Å². The van der Waals surface area contributed by atoms with E-state index in [1.165, 1.54) is 5.56 Å². The number of aromatic nitrogens is 2. The molecule has 0 aliphatic carbocycles. The van der Waals surface area contributed by atoms with E-state index >= 15 is 0 Å². The summed E-state index contributed by atoms with van der Waals surface area (Å²) in [5.74, 6) is 0.0827. The molecule has 1 aliphatic rings. The van der Waals surface area contributed by atoms with E-state index in [1.807, 2.05) is 30.0 Å². The molecule has 3 rings (SSSR count). The quantitative estimate of drug-likeness (QED) is 0.759. The van der Waals surface area contributed by atoms with Crippen molar-refractivity contribution < 1.29 is 9.53 Å². The van der Waals surface area contributed by atoms with Crippen LogP contribution in [0.15, 0.2) is 36.4 Å². The number of likely N-dealkylation sites (tertiary alicyclic amines) is 1. The molecule has 1 aromatic carbocycles. The van der Waals surface area contributed by atoms with Gasteiger partial charge in [0.25, 0.3) is 0 Å². The summed E-state index contributed by atoms with van der Waals surface area (Å²) in [7, 11) is 0. The van der Waals surface area contributed by atoms with E-state index in [-0.39, 0.29) is 18.6 Å². The van der Waals surface area contributed by atoms with Gasteiger partial charge in [0.1, 0.15) is 6.61 Å². The van der Waals surface area contributed by atoms with Gasteiger partial charge in [-0.25, -0.2) is 0 Å². The molecule has 2 heterocycles. The van der Waals surface area contributed by atoms with Crippen molar-refractivity contribution in [1.29, 1.82) is 0 Å². The van der Waals surface area contributed by atoms with Gasteiger partial charge in [0.05, 0.1) is 18.3 Å².